The number of alkyl halides is 4. The van der Waals surface area contributed by atoms with Crippen LogP contribution in [-0.4, -0.2) is 55.2 Å². The summed E-state index contributed by atoms with van der Waals surface area (Å²) in [5.74, 6) is -1.50. The van der Waals surface area contributed by atoms with Crippen LogP contribution in [0.1, 0.15) is 11.8 Å². The first kappa shape index (κ1) is 17.9. The summed E-state index contributed by atoms with van der Waals surface area (Å²) >= 11 is 5.59. The molecule has 23 heavy (non-hydrogen) atoms. The largest absolute Gasteiger partial charge is 0.421 e. The van der Waals surface area contributed by atoms with Gasteiger partial charge in [-0.2, -0.15) is 18.2 Å². The first-order chi connectivity index (χ1) is 10.6. The molecule has 5 N–H and O–H groups in total. The van der Waals surface area contributed by atoms with E-state index in [0.29, 0.717) is 10.8 Å². The number of nitrogens with zero attached hydrogens (tertiary/aromatic N) is 2. The van der Waals surface area contributed by atoms with E-state index < -0.39 is 59.8 Å². The van der Waals surface area contributed by atoms with E-state index in [4.69, 9.17) is 22.1 Å². The van der Waals surface area contributed by atoms with Gasteiger partial charge in [-0.15, -0.1) is 11.6 Å². The Hall–Kier alpha value is -1.40. The molecule has 0 aromatic carbocycles. The summed E-state index contributed by atoms with van der Waals surface area (Å²) < 4.78 is 44.1. The van der Waals surface area contributed by atoms with Gasteiger partial charge in [0.2, 0.25) is 0 Å². The van der Waals surface area contributed by atoms with E-state index >= 15 is 0 Å². The van der Waals surface area contributed by atoms with Gasteiger partial charge in [0.25, 0.3) is 0 Å². The number of nitrogen functional groups attached to an aromatic ring is 1. The van der Waals surface area contributed by atoms with Crippen molar-refractivity contribution in [1.82, 2.24) is 9.55 Å². The molecule has 2 heterocycles. The number of hydrogen-bond donors (Lipinski definition) is 4. The highest BCUT2D eigenvalue weighted by Crippen LogP contribution is 2.38. The highest BCUT2D eigenvalue weighted by molar-refractivity contribution is 6.18. The predicted octanol–water partition coefficient (Wildman–Crippen LogP) is -0.935. The molecule has 8 nitrogen and oxygen atoms in total. The Morgan fingerprint density at radius 1 is 1.48 bits per heavy atom. The van der Waals surface area contributed by atoms with Crippen LogP contribution in [0.2, 0.25) is 0 Å². The highest BCUT2D eigenvalue weighted by atomic mass is 35.5. The van der Waals surface area contributed by atoms with E-state index in [2.05, 4.69) is 4.98 Å². The van der Waals surface area contributed by atoms with Crippen LogP contribution in [0, 0.1) is 0 Å². The maximum absolute atomic E-state index is 12.9. The fourth-order valence-electron chi connectivity index (χ4n) is 2.23. The quantitative estimate of drug-likeness (QED) is 0.512. The SMILES string of the molecule is Nc1nc(=O)n([C@@H]2O[C@@](CO)(CCl)[C@@H](O)[C@@H]2O)cc1C(F)(F)F. The number of hydrogen-bond acceptors (Lipinski definition) is 7. The van der Waals surface area contributed by atoms with Crippen molar-refractivity contribution in [2.24, 2.45) is 0 Å². The van der Waals surface area contributed by atoms with Crippen molar-refractivity contribution in [2.75, 3.05) is 18.2 Å². The lowest BCUT2D eigenvalue weighted by Gasteiger charge is -2.27. The summed E-state index contributed by atoms with van der Waals surface area (Å²) in [5.41, 5.74) is 0.621. The van der Waals surface area contributed by atoms with E-state index in [1.165, 1.54) is 0 Å². The minimum absolute atomic E-state index is 0.326. The molecule has 4 atom stereocenters. The molecule has 1 saturated heterocycles. The van der Waals surface area contributed by atoms with Crippen molar-refractivity contribution in [2.45, 2.75) is 30.2 Å². The Labute approximate surface area is 131 Å². The van der Waals surface area contributed by atoms with Crippen LogP contribution in [0.4, 0.5) is 19.0 Å². The Balaban J connectivity index is 2.53. The second-order valence-corrected chi connectivity index (χ2v) is 5.30. The molecule has 0 radical (unpaired) electrons. The maximum atomic E-state index is 12.9. The van der Waals surface area contributed by atoms with E-state index in [-0.39, 0.29) is 0 Å². The lowest BCUT2D eigenvalue weighted by atomic mass is 9.98. The number of halogens is 4. The smallest absolute Gasteiger partial charge is 0.393 e. The average Bonchev–Trinajstić information content (AvgIpc) is 2.71. The summed E-state index contributed by atoms with van der Waals surface area (Å²) in [4.78, 5) is 14.8. The zero-order chi connectivity index (χ0) is 17.6. The summed E-state index contributed by atoms with van der Waals surface area (Å²) in [7, 11) is 0. The zero-order valence-electron chi connectivity index (χ0n) is 11.4. The standard InChI is InChI=1S/C11H13ClF3N3O5/c12-2-10(3-19)6(21)5(20)8(23-10)18-1-4(11(13,14)15)7(16)17-9(18)22/h1,5-6,8,19-21H,2-3H2,(H2,16,17,22)/t5-,6-,8+,10+/m0/s1. The Morgan fingerprint density at radius 3 is 2.52 bits per heavy atom. The van der Waals surface area contributed by atoms with Crippen molar-refractivity contribution in [1.29, 1.82) is 0 Å². The number of aliphatic hydroxyl groups is 3. The molecular formula is C11H13ClF3N3O5. The van der Waals surface area contributed by atoms with Crippen molar-refractivity contribution < 1.29 is 33.2 Å². The Morgan fingerprint density at radius 2 is 2.09 bits per heavy atom. The average molecular weight is 360 g/mol. The highest BCUT2D eigenvalue weighted by Gasteiger charge is 2.54. The fourth-order valence-corrected chi connectivity index (χ4v) is 2.54. The second kappa shape index (κ2) is 5.91. The van der Waals surface area contributed by atoms with Gasteiger partial charge >= 0.3 is 11.9 Å². The number of aromatic nitrogens is 2. The fraction of sp³-hybridized carbons (Fsp3) is 0.636. The third-order valence-electron chi connectivity index (χ3n) is 3.56. The summed E-state index contributed by atoms with van der Waals surface area (Å²) in [6, 6.07) is 0. The monoisotopic (exact) mass is 359 g/mol. The lowest BCUT2D eigenvalue weighted by molar-refractivity contribution is -0.139. The molecule has 0 unspecified atom stereocenters. The van der Waals surface area contributed by atoms with Crippen LogP contribution >= 0.6 is 11.6 Å². The number of ether oxygens (including phenoxy) is 1. The normalized spacial score (nSPS) is 31.5. The van der Waals surface area contributed by atoms with Crippen LogP contribution in [0.25, 0.3) is 0 Å². The van der Waals surface area contributed by atoms with Gasteiger partial charge in [0.1, 0.15) is 29.2 Å². The molecule has 0 saturated carbocycles. The summed E-state index contributed by atoms with van der Waals surface area (Å²) in [6.45, 7) is -0.825. The first-order valence-electron chi connectivity index (χ1n) is 6.24. The molecule has 1 aromatic rings. The molecule has 12 heteroatoms. The van der Waals surface area contributed by atoms with Gasteiger partial charge in [-0.05, 0) is 0 Å². The summed E-state index contributed by atoms with van der Waals surface area (Å²) in [5, 5.41) is 29.1. The molecule has 0 aliphatic carbocycles. The van der Waals surface area contributed by atoms with Gasteiger partial charge in [0, 0.05) is 6.20 Å². The lowest BCUT2D eigenvalue weighted by Crippen LogP contribution is -2.47. The van der Waals surface area contributed by atoms with Gasteiger partial charge < -0.3 is 25.8 Å². The van der Waals surface area contributed by atoms with Crippen molar-refractivity contribution in [3.63, 3.8) is 0 Å². The summed E-state index contributed by atoms with van der Waals surface area (Å²) in [6.07, 6.45) is -9.83. The molecule has 1 aromatic heterocycles. The molecule has 130 valence electrons. The van der Waals surface area contributed by atoms with Gasteiger partial charge in [0.05, 0.1) is 12.5 Å². The minimum Gasteiger partial charge on any atom is -0.393 e. The van der Waals surface area contributed by atoms with Crippen molar-refractivity contribution >= 4 is 17.4 Å². The molecule has 0 spiro atoms. The zero-order valence-corrected chi connectivity index (χ0v) is 12.1. The van der Waals surface area contributed by atoms with Crippen LogP contribution in [0.3, 0.4) is 0 Å². The van der Waals surface area contributed by atoms with Crippen LogP contribution in [0.5, 0.6) is 0 Å². The molecule has 1 aliphatic rings. The number of aliphatic hydroxyl groups excluding tert-OH is 3. The van der Waals surface area contributed by atoms with Crippen LogP contribution < -0.4 is 11.4 Å². The minimum atomic E-state index is -4.89. The Kier molecular flexibility index (Phi) is 4.61. The maximum Gasteiger partial charge on any atom is 0.421 e. The first-order valence-corrected chi connectivity index (χ1v) is 6.77. The van der Waals surface area contributed by atoms with Crippen LogP contribution in [0.15, 0.2) is 11.0 Å². The molecule has 0 amide bonds. The van der Waals surface area contributed by atoms with E-state index in [0.717, 1.165) is 0 Å². The molecule has 1 fully saturated rings. The van der Waals surface area contributed by atoms with Gasteiger partial charge in [0.15, 0.2) is 6.23 Å². The van der Waals surface area contributed by atoms with Crippen molar-refractivity contribution in [3.8, 4) is 0 Å². The van der Waals surface area contributed by atoms with Crippen molar-refractivity contribution in [3.05, 3.63) is 22.2 Å². The van der Waals surface area contributed by atoms with Gasteiger partial charge in [-0.25, -0.2) is 4.79 Å². The third-order valence-corrected chi connectivity index (χ3v) is 4.02. The number of nitrogens with two attached hydrogens (primary N) is 1. The molecule has 1 aliphatic heterocycles. The number of anilines is 1. The van der Waals surface area contributed by atoms with E-state index in [9.17, 15) is 33.3 Å². The number of rotatable bonds is 3. The van der Waals surface area contributed by atoms with Crippen LogP contribution in [-0.2, 0) is 10.9 Å². The topological polar surface area (TPSA) is 131 Å². The third kappa shape index (κ3) is 2.90. The van der Waals surface area contributed by atoms with E-state index in [1.54, 1.807) is 0 Å². The molecule has 2 rings (SSSR count). The second-order valence-electron chi connectivity index (χ2n) is 5.03. The predicted molar refractivity (Wildman–Crippen MR) is 70.6 cm³/mol. The molecular weight excluding hydrogens is 347 g/mol. The van der Waals surface area contributed by atoms with Gasteiger partial charge in [-0.1, -0.05) is 0 Å². The van der Waals surface area contributed by atoms with Gasteiger partial charge in [-0.3, -0.25) is 4.57 Å². The molecule has 0 bridgehead atoms. The Bertz CT molecular complexity index is 649. The van der Waals surface area contributed by atoms with E-state index in [1.807, 2.05) is 0 Å².